The highest BCUT2D eigenvalue weighted by atomic mass is 35.5. The van der Waals surface area contributed by atoms with Gasteiger partial charge in [-0.3, -0.25) is 9.69 Å². The van der Waals surface area contributed by atoms with E-state index in [9.17, 15) is 9.90 Å². The first kappa shape index (κ1) is 21.7. The Kier molecular flexibility index (Phi) is 5.00. The van der Waals surface area contributed by atoms with Gasteiger partial charge >= 0.3 is 0 Å². The van der Waals surface area contributed by atoms with Crippen LogP contribution in [0.5, 0.6) is 0 Å². The normalized spacial score (nSPS) is 35.2. The quantitative estimate of drug-likeness (QED) is 0.704. The van der Waals surface area contributed by atoms with Crippen LogP contribution in [0.15, 0.2) is 24.4 Å². The number of rotatable bonds is 4. The van der Waals surface area contributed by atoms with E-state index >= 15 is 4.39 Å². The molecule has 2 saturated heterocycles. The van der Waals surface area contributed by atoms with Crippen molar-refractivity contribution in [3.05, 3.63) is 35.0 Å². The molecule has 4 fully saturated rings. The number of aliphatic hydroxyl groups is 1. The molecule has 8 heteroatoms. The van der Waals surface area contributed by atoms with E-state index in [1.165, 1.54) is 0 Å². The molecule has 2 N–H and O–H groups in total. The molecule has 1 amide bonds. The molecule has 3 heterocycles. The van der Waals surface area contributed by atoms with Gasteiger partial charge in [-0.2, -0.15) is 0 Å². The lowest BCUT2D eigenvalue weighted by atomic mass is 9.84. The molecular weight excluding hydrogens is 445 g/mol. The fourth-order valence-corrected chi connectivity index (χ4v) is 6.17. The van der Waals surface area contributed by atoms with Gasteiger partial charge in [-0.1, -0.05) is 11.6 Å². The SMILES string of the molecule is C[C@@]1(N2CC[C@@H](c3cc4cc(NC(=O)C5CC56CC6)ncc4cc3Cl)[C@H](F)C2)COC[C@@H]1O. The molecule has 6 rings (SSSR count). The number of likely N-dealkylation sites (tertiary alicyclic amines) is 1. The van der Waals surface area contributed by atoms with Crippen LogP contribution in [0, 0.1) is 11.3 Å². The van der Waals surface area contributed by atoms with Gasteiger partial charge in [0.15, 0.2) is 0 Å². The van der Waals surface area contributed by atoms with Crippen molar-refractivity contribution in [3.63, 3.8) is 0 Å². The van der Waals surface area contributed by atoms with Crippen molar-refractivity contribution in [1.82, 2.24) is 9.88 Å². The second kappa shape index (κ2) is 7.60. The number of aromatic nitrogens is 1. The molecule has 0 radical (unpaired) electrons. The number of aliphatic hydroxyl groups excluding tert-OH is 1. The highest BCUT2D eigenvalue weighted by Crippen LogP contribution is 2.70. The van der Waals surface area contributed by atoms with Crippen LogP contribution in [0.2, 0.25) is 5.02 Å². The molecule has 0 bridgehead atoms. The van der Waals surface area contributed by atoms with Crippen LogP contribution in [0.1, 0.15) is 44.1 Å². The molecule has 4 aliphatic rings. The third-order valence-corrected chi connectivity index (χ3v) is 8.87. The molecule has 1 spiro atoms. The number of halogens is 2. The van der Waals surface area contributed by atoms with Crippen molar-refractivity contribution in [2.24, 2.45) is 11.3 Å². The lowest BCUT2D eigenvalue weighted by molar-refractivity contribution is -0.117. The highest BCUT2D eigenvalue weighted by molar-refractivity contribution is 6.32. The molecule has 1 unspecified atom stereocenters. The number of pyridine rings is 1. The van der Waals surface area contributed by atoms with E-state index < -0.39 is 17.8 Å². The summed E-state index contributed by atoms with van der Waals surface area (Å²) in [5.74, 6) is 0.377. The number of alkyl halides is 1. The summed E-state index contributed by atoms with van der Waals surface area (Å²) >= 11 is 6.59. The molecular formula is C25H29ClFN3O3. The number of benzene rings is 1. The Hall–Kier alpha value is -1.80. The van der Waals surface area contributed by atoms with Gasteiger partial charge in [0.05, 0.1) is 24.9 Å². The van der Waals surface area contributed by atoms with Gasteiger partial charge in [-0.05, 0) is 73.7 Å². The van der Waals surface area contributed by atoms with Gasteiger partial charge in [-0.25, -0.2) is 9.37 Å². The molecule has 1 aromatic heterocycles. The van der Waals surface area contributed by atoms with Crippen LogP contribution in [-0.4, -0.2) is 65.0 Å². The van der Waals surface area contributed by atoms with Gasteiger partial charge < -0.3 is 15.2 Å². The Balaban J connectivity index is 1.21. The number of carbonyl (C=O) groups is 1. The zero-order valence-corrected chi connectivity index (χ0v) is 19.4. The number of amides is 1. The van der Waals surface area contributed by atoms with Crippen molar-refractivity contribution in [1.29, 1.82) is 0 Å². The minimum Gasteiger partial charge on any atom is -0.389 e. The van der Waals surface area contributed by atoms with Crippen LogP contribution in [0.3, 0.4) is 0 Å². The number of nitrogens with zero attached hydrogens (tertiary/aromatic N) is 2. The van der Waals surface area contributed by atoms with Crippen LogP contribution in [-0.2, 0) is 9.53 Å². The zero-order valence-electron chi connectivity index (χ0n) is 18.7. The summed E-state index contributed by atoms with van der Waals surface area (Å²) in [5, 5.41) is 15.6. The summed E-state index contributed by atoms with van der Waals surface area (Å²) in [4.78, 5) is 18.9. The number of nitrogens with one attached hydrogen (secondary N) is 1. The summed E-state index contributed by atoms with van der Waals surface area (Å²) in [5.41, 5.74) is 0.527. The number of piperidine rings is 1. The van der Waals surface area contributed by atoms with E-state index in [-0.39, 0.29) is 24.3 Å². The number of ether oxygens (including phenoxy) is 1. The predicted molar refractivity (Wildman–Crippen MR) is 124 cm³/mol. The van der Waals surface area contributed by atoms with Gasteiger partial charge in [0, 0.05) is 35.0 Å². The van der Waals surface area contributed by atoms with Gasteiger partial charge in [0.25, 0.3) is 0 Å². The van der Waals surface area contributed by atoms with Crippen molar-refractivity contribution in [3.8, 4) is 0 Å². The molecule has 2 aliphatic heterocycles. The van der Waals surface area contributed by atoms with Gasteiger partial charge in [0.1, 0.15) is 12.0 Å². The maximum absolute atomic E-state index is 15.4. The molecule has 6 nitrogen and oxygen atoms in total. The summed E-state index contributed by atoms with van der Waals surface area (Å²) in [7, 11) is 0. The summed E-state index contributed by atoms with van der Waals surface area (Å²) in [6, 6.07) is 5.63. The van der Waals surface area contributed by atoms with Crippen LogP contribution in [0.4, 0.5) is 10.2 Å². The maximum atomic E-state index is 15.4. The fourth-order valence-electron chi connectivity index (χ4n) is 5.85. The van der Waals surface area contributed by atoms with E-state index in [0.717, 1.165) is 35.6 Å². The number of hydrogen-bond acceptors (Lipinski definition) is 5. The first-order chi connectivity index (χ1) is 15.8. The Bertz CT molecular complexity index is 1130. The van der Waals surface area contributed by atoms with E-state index in [1.54, 1.807) is 6.20 Å². The molecule has 2 saturated carbocycles. The van der Waals surface area contributed by atoms with E-state index in [2.05, 4.69) is 10.3 Å². The van der Waals surface area contributed by atoms with Crippen LogP contribution < -0.4 is 5.32 Å². The Morgan fingerprint density at radius 1 is 1.33 bits per heavy atom. The van der Waals surface area contributed by atoms with Gasteiger partial charge in [0.2, 0.25) is 5.91 Å². The number of anilines is 1. The van der Waals surface area contributed by atoms with E-state index in [1.807, 2.05) is 30.0 Å². The minimum absolute atomic E-state index is 0.0521. The Morgan fingerprint density at radius 2 is 2.15 bits per heavy atom. The third-order valence-electron chi connectivity index (χ3n) is 8.54. The molecule has 5 atom stereocenters. The van der Waals surface area contributed by atoms with Crippen molar-refractivity contribution in [2.75, 3.05) is 31.6 Å². The first-order valence-corrected chi connectivity index (χ1v) is 12.2. The second-order valence-electron chi connectivity index (χ2n) is 10.6. The molecule has 2 aliphatic carbocycles. The Labute approximate surface area is 197 Å². The van der Waals surface area contributed by atoms with E-state index in [0.29, 0.717) is 42.4 Å². The molecule has 176 valence electrons. The summed E-state index contributed by atoms with van der Waals surface area (Å²) in [6.07, 6.45) is 3.90. The summed E-state index contributed by atoms with van der Waals surface area (Å²) in [6.45, 7) is 3.54. The fraction of sp³-hybridized carbons (Fsp3) is 0.600. The van der Waals surface area contributed by atoms with Crippen molar-refractivity contribution < 1.29 is 19.0 Å². The largest absolute Gasteiger partial charge is 0.389 e. The third kappa shape index (κ3) is 3.64. The number of carbonyl (C=O) groups excluding carboxylic acids is 1. The highest BCUT2D eigenvalue weighted by Gasteiger charge is 2.65. The lowest BCUT2D eigenvalue weighted by Crippen LogP contribution is -2.58. The standard InChI is InChI=1S/C25H29ClFN3O3/c1-24(13-33-12-21(24)31)30-5-2-16(20(27)11-30)17-6-14-8-22(28-10-15(14)7-19(17)26)29-23(32)18-9-25(18)3-4-25/h6-8,10,16,18,20-21,31H,2-5,9,11-13H2,1H3,(H,28,29,32)/t16-,18?,20+,21-,24+/m0/s1. The smallest absolute Gasteiger partial charge is 0.229 e. The maximum Gasteiger partial charge on any atom is 0.229 e. The first-order valence-electron chi connectivity index (χ1n) is 11.8. The molecule has 2 aromatic rings. The molecule has 1 aromatic carbocycles. The average Bonchev–Trinajstić information content (AvgIpc) is 3.69. The van der Waals surface area contributed by atoms with Crippen LogP contribution >= 0.6 is 11.6 Å². The summed E-state index contributed by atoms with van der Waals surface area (Å²) < 4.78 is 20.9. The predicted octanol–water partition coefficient (Wildman–Crippen LogP) is 3.90. The second-order valence-corrected chi connectivity index (χ2v) is 11.1. The van der Waals surface area contributed by atoms with Gasteiger partial charge in [-0.15, -0.1) is 0 Å². The number of hydrogen-bond donors (Lipinski definition) is 2. The van der Waals surface area contributed by atoms with E-state index in [4.69, 9.17) is 16.3 Å². The van der Waals surface area contributed by atoms with Crippen molar-refractivity contribution >= 4 is 34.1 Å². The minimum atomic E-state index is -1.11. The zero-order chi connectivity index (χ0) is 23.0. The van der Waals surface area contributed by atoms with Crippen molar-refractivity contribution in [2.45, 2.75) is 56.3 Å². The number of fused-ring (bicyclic) bond motifs is 1. The lowest BCUT2D eigenvalue weighted by Gasteiger charge is -2.45. The monoisotopic (exact) mass is 473 g/mol. The topological polar surface area (TPSA) is 74.7 Å². The molecule has 33 heavy (non-hydrogen) atoms. The average molecular weight is 474 g/mol. The van der Waals surface area contributed by atoms with Crippen LogP contribution in [0.25, 0.3) is 10.8 Å². The Morgan fingerprint density at radius 3 is 2.82 bits per heavy atom.